The van der Waals surface area contributed by atoms with Crippen molar-refractivity contribution < 1.29 is 14.3 Å². The first-order valence-electron chi connectivity index (χ1n) is 7.38. The minimum absolute atomic E-state index is 0.258. The van der Waals surface area contributed by atoms with Gasteiger partial charge in [0.2, 0.25) is 0 Å². The molecule has 0 radical (unpaired) electrons. The van der Waals surface area contributed by atoms with Crippen molar-refractivity contribution in [2.45, 2.75) is 19.4 Å². The summed E-state index contributed by atoms with van der Waals surface area (Å²) in [5.74, 6) is -0.0557. The van der Waals surface area contributed by atoms with E-state index >= 15 is 0 Å². The van der Waals surface area contributed by atoms with Gasteiger partial charge in [0.05, 0.1) is 6.61 Å². The molecule has 0 aliphatic heterocycles. The number of amides is 2. The van der Waals surface area contributed by atoms with Gasteiger partial charge in [-0.15, -0.1) is 0 Å². The number of pyridine rings is 1. The zero-order chi connectivity index (χ0) is 16.5. The van der Waals surface area contributed by atoms with Gasteiger partial charge in [0.1, 0.15) is 11.9 Å². The number of carbonyl (C=O) groups is 2. The first kappa shape index (κ1) is 16.5. The van der Waals surface area contributed by atoms with Crippen molar-refractivity contribution in [2.24, 2.45) is 0 Å². The second-order valence-electron chi connectivity index (χ2n) is 4.81. The zero-order valence-corrected chi connectivity index (χ0v) is 12.9. The maximum Gasteiger partial charge on any atom is 0.329 e. The van der Waals surface area contributed by atoms with Crippen molar-refractivity contribution in [1.29, 1.82) is 0 Å². The van der Waals surface area contributed by atoms with E-state index in [1.165, 1.54) is 0 Å². The summed E-state index contributed by atoms with van der Waals surface area (Å²) in [7, 11) is 0. The van der Waals surface area contributed by atoms with E-state index in [0.29, 0.717) is 12.2 Å². The molecule has 6 heteroatoms. The highest BCUT2D eigenvalue weighted by Crippen LogP contribution is 2.06. The molecule has 0 spiro atoms. The highest BCUT2D eigenvalue weighted by atomic mass is 16.5. The second-order valence-corrected chi connectivity index (χ2v) is 4.81. The van der Waals surface area contributed by atoms with Crippen LogP contribution in [0.3, 0.4) is 0 Å². The summed E-state index contributed by atoms with van der Waals surface area (Å²) in [6.07, 6.45) is 1.93. The molecular formula is C17H19N3O3. The topological polar surface area (TPSA) is 80.3 Å². The molecule has 1 heterocycles. The highest BCUT2D eigenvalue weighted by Gasteiger charge is 2.22. The molecule has 6 nitrogen and oxygen atoms in total. The van der Waals surface area contributed by atoms with Crippen LogP contribution in [0.1, 0.15) is 12.5 Å². The van der Waals surface area contributed by atoms with Crippen molar-refractivity contribution in [3.8, 4) is 0 Å². The maximum absolute atomic E-state index is 12.1. The van der Waals surface area contributed by atoms with Crippen LogP contribution in [0.25, 0.3) is 0 Å². The van der Waals surface area contributed by atoms with Gasteiger partial charge in [0.15, 0.2) is 0 Å². The first-order valence-corrected chi connectivity index (χ1v) is 7.38. The molecule has 0 fully saturated rings. The molecule has 0 aliphatic carbocycles. The number of nitrogens with zero attached hydrogens (tertiary/aromatic N) is 1. The fourth-order valence-electron chi connectivity index (χ4n) is 2.03. The van der Waals surface area contributed by atoms with Crippen LogP contribution >= 0.6 is 0 Å². The van der Waals surface area contributed by atoms with E-state index in [-0.39, 0.29) is 6.61 Å². The number of aromatic nitrogens is 1. The van der Waals surface area contributed by atoms with Crippen molar-refractivity contribution in [2.75, 3.05) is 11.9 Å². The van der Waals surface area contributed by atoms with Gasteiger partial charge in [-0.2, -0.15) is 0 Å². The lowest BCUT2D eigenvalue weighted by Crippen LogP contribution is -2.45. The van der Waals surface area contributed by atoms with Gasteiger partial charge in [0, 0.05) is 12.6 Å². The molecule has 1 atom stereocenters. The Morgan fingerprint density at radius 2 is 1.87 bits per heavy atom. The molecule has 2 N–H and O–H groups in total. The first-order chi connectivity index (χ1) is 11.2. The van der Waals surface area contributed by atoms with Crippen LogP contribution in [0, 0.1) is 0 Å². The van der Waals surface area contributed by atoms with Crippen LogP contribution in [0.5, 0.6) is 0 Å². The van der Waals surface area contributed by atoms with Crippen molar-refractivity contribution in [3.05, 3.63) is 60.3 Å². The Balaban J connectivity index is 2.01. The lowest BCUT2D eigenvalue weighted by molar-refractivity contribution is -0.145. The number of esters is 1. The molecule has 2 amide bonds. The molecule has 2 aromatic rings. The van der Waals surface area contributed by atoms with Crippen LogP contribution in [0.2, 0.25) is 0 Å². The van der Waals surface area contributed by atoms with Crippen LogP contribution < -0.4 is 10.6 Å². The number of urea groups is 1. The summed E-state index contributed by atoms with van der Waals surface area (Å²) in [5.41, 5.74) is 0.934. The van der Waals surface area contributed by atoms with Gasteiger partial charge in [-0.25, -0.2) is 14.6 Å². The predicted octanol–water partition coefficient (Wildman–Crippen LogP) is 2.38. The summed E-state index contributed by atoms with van der Waals surface area (Å²) >= 11 is 0. The molecule has 1 aromatic carbocycles. The van der Waals surface area contributed by atoms with E-state index < -0.39 is 18.0 Å². The highest BCUT2D eigenvalue weighted by molar-refractivity contribution is 5.91. The minimum atomic E-state index is -0.763. The number of hydrogen-bond acceptors (Lipinski definition) is 4. The second kappa shape index (κ2) is 8.53. The largest absolute Gasteiger partial charge is 0.464 e. The van der Waals surface area contributed by atoms with Crippen molar-refractivity contribution >= 4 is 17.8 Å². The lowest BCUT2D eigenvalue weighted by Gasteiger charge is -2.17. The summed E-state index contributed by atoms with van der Waals surface area (Å²) in [4.78, 5) is 28.1. The molecule has 0 saturated heterocycles. The van der Waals surface area contributed by atoms with E-state index in [2.05, 4.69) is 15.6 Å². The lowest BCUT2D eigenvalue weighted by atomic mass is 10.1. The van der Waals surface area contributed by atoms with Gasteiger partial charge >= 0.3 is 12.0 Å². The van der Waals surface area contributed by atoms with E-state index in [1.807, 2.05) is 30.3 Å². The van der Waals surface area contributed by atoms with Crippen LogP contribution in [0.4, 0.5) is 10.6 Å². The third-order valence-electron chi connectivity index (χ3n) is 3.07. The molecule has 0 aliphatic rings. The Morgan fingerprint density at radius 1 is 1.13 bits per heavy atom. The Hall–Kier alpha value is -2.89. The molecule has 0 unspecified atom stereocenters. The fraction of sp³-hybridized carbons (Fsp3) is 0.235. The number of nitrogens with one attached hydrogen (secondary N) is 2. The summed E-state index contributed by atoms with van der Waals surface area (Å²) in [6.45, 7) is 1.99. The molecule has 120 valence electrons. The Bertz CT molecular complexity index is 632. The molecule has 0 saturated carbocycles. The molecule has 23 heavy (non-hydrogen) atoms. The smallest absolute Gasteiger partial charge is 0.329 e. The van der Waals surface area contributed by atoms with E-state index in [1.54, 1.807) is 31.3 Å². The molecule has 0 bridgehead atoms. The number of rotatable bonds is 6. The summed E-state index contributed by atoms with van der Waals surface area (Å²) in [5, 5.41) is 5.22. The Kier molecular flexibility index (Phi) is 6.11. The van der Waals surface area contributed by atoms with Gasteiger partial charge in [-0.1, -0.05) is 36.4 Å². The number of benzene rings is 1. The van der Waals surface area contributed by atoms with Crippen LogP contribution in [0.15, 0.2) is 54.7 Å². The standard InChI is InChI=1S/C17H19N3O3/c1-2-23-16(21)14(12-13-8-4-3-5-9-13)19-17(22)20-15-10-6-7-11-18-15/h3-11,14H,2,12H2,1H3,(H2,18,19,20,22)/t14-/m0/s1. The number of hydrogen-bond donors (Lipinski definition) is 2. The Labute approximate surface area is 134 Å². The van der Waals surface area contributed by atoms with Crippen molar-refractivity contribution in [1.82, 2.24) is 10.3 Å². The monoisotopic (exact) mass is 313 g/mol. The van der Waals surface area contributed by atoms with E-state index in [4.69, 9.17) is 4.74 Å². The van der Waals surface area contributed by atoms with Gasteiger partial charge in [-0.3, -0.25) is 5.32 Å². The van der Waals surface area contributed by atoms with Crippen molar-refractivity contribution in [3.63, 3.8) is 0 Å². The number of anilines is 1. The van der Waals surface area contributed by atoms with Crippen LogP contribution in [-0.2, 0) is 16.0 Å². The molecular weight excluding hydrogens is 294 g/mol. The van der Waals surface area contributed by atoms with Gasteiger partial charge in [0.25, 0.3) is 0 Å². The average molecular weight is 313 g/mol. The minimum Gasteiger partial charge on any atom is -0.464 e. The predicted molar refractivity (Wildman–Crippen MR) is 87.0 cm³/mol. The SMILES string of the molecule is CCOC(=O)[C@H](Cc1ccccc1)NC(=O)Nc1ccccn1. The van der Waals surface area contributed by atoms with Gasteiger partial charge in [-0.05, 0) is 24.6 Å². The third-order valence-corrected chi connectivity index (χ3v) is 3.07. The number of carbonyl (C=O) groups excluding carboxylic acids is 2. The Morgan fingerprint density at radius 3 is 2.52 bits per heavy atom. The fourth-order valence-corrected chi connectivity index (χ4v) is 2.03. The summed E-state index contributed by atoms with van der Waals surface area (Å²) in [6, 6.07) is 13.3. The maximum atomic E-state index is 12.1. The third kappa shape index (κ3) is 5.43. The zero-order valence-electron chi connectivity index (χ0n) is 12.9. The van der Waals surface area contributed by atoms with Gasteiger partial charge < -0.3 is 10.1 Å². The average Bonchev–Trinajstić information content (AvgIpc) is 2.56. The summed E-state index contributed by atoms with van der Waals surface area (Å²) < 4.78 is 5.03. The number of ether oxygens (including phenoxy) is 1. The van der Waals surface area contributed by atoms with E-state index in [9.17, 15) is 9.59 Å². The van der Waals surface area contributed by atoms with E-state index in [0.717, 1.165) is 5.56 Å². The van der Waals surface area contributed by atoms with Crippen LogP contribution in [-0.4, -0.2) is 29.6 Å². The molecule has 1 aromatic heterocycles. The molecule has 2 rings (SSSR count). The normalized spacial score (nSPS) is 11.3. The quantitative estimate of drug-likeness (QED) is 0.802.